The largest absolute Gasteiger partial charge is 0.489 e. The fourth-order valence-electron chi connectivity index (χ4n) is 2.76. The Hall–Kier alpha value is -3.64. The number of anilines is 1. The summed E-state index contributed by atoms with van der Waals surface area (Å²) in [6.07, 6.45) is 8.39. The average molecular weight is 405 g/mol. The number of nitrogens with one attached hydrogen (secondary N) is 1. The molecular formula is C22H17ClN4O2. The van der Waals surface area contributed by atoms with Crippen molar-refractivity contribution in [1.82, 2.24) is 14.4 Å². The SMILES string of the molecule is O=C(/C=C/c1c(Cl)nc2ccccn12)Nc1ccc(OCc2cccnc2)cc1. The molecule has 1 aromatic carbocycles. The number of benzene rings is 1. The number of fused-ring (bicyclic) bond motifs is 1. The van der Waals surface area contributed by atoms with Crippen molar-refractivity contribution in [2.45, 2.75) is 6.61 Å². The van der Waals surface area contributed by atoms with Gasteiger partial charge in [0, 0.05) is 35.9 Å². The topological polar surface area (TPSA) is 68.5 Å². The molecule has 0 unspecified atom stereocenters. The van der Waals surface area contributed by atoms with Gasteiger partial charge in [-0.3, -0.25) is 14.2 Å². The van der Waals surface area contributed by atoms with Gasteiger partial charge in [0.15, 0.2) is 5.15 Å². The van der Waals surface area contributed by atoms with Gasteiger partial charge in [0.25, 0.3) is 0 Å². The first-order valence-corrected chi connectivity index (χ1v) is 9.30. The summed E-state index contributed by atoms with van der Waals surface area (Å²) < 4.78 is 7.53. The van der Waals surface area contributed by atoms with E-state index in [1.54, 1.807) is 42.7 Å². The van der Waals surface area contributed by atoms with E-state index in [0.717, 1.165) is 11.2 Å². The molecule has 0 fully saturated rings. The van der Waals surface area contributed by atoms with E-state index in [4.69, 9.17) is 16.3 Å². The summed E-state index contributed by atoms with van der Waals surface area (Å²) in [4.78, 5) is 20.5. The van der Waals surface area contributed by atoms with Crippen LogP contribution in [0.3, 0.4) is 0 Å². The van der Waals surface area contributed by atoms with E-state index < -0.39 is 0 Å². The van der Waals surface area contributed by atoms with Crippen molar-refractivity contribution < 1.29 is 9.53 Å². The minimum absolute atomic E-state index is 0.268. The summed E-state index contributed by atoms with van der Waals surface area (Å²) >= 11 is 6.17. The minimum Gasteiger partial charge on any atom is -0.489 e. The lowest BCUT2D eigenvalue weighted by atomic mass is 10.3. The maximum Gasteiger partial charge on any atom is 0.248 e. The number of pyridine rings is 2. The number of nitrogens with zero attached hydrogens (tertiary/aromatic N) is 3. The molecule has 7 heteroatoms. The zero-order valence-electron chi connectivity index (χ0n) is 15.3. The van der Waals surface area contributed by atoms with Crippen LogP contribution < -0.4 is 10.1 Å². The first-order chi connectivity index (χ1) is 14.2. The summed E-state index contributed by atoms with van der Waals surface area (Å²) in [6, 6.07) is 16.6. The molecule has 0 bridgehead atoms. The third-order valence-corrected chi connectivity index (χ3v) is 4.44. The molecule has 0 aliphatic carbocycles. The summed E-state index contributed by atoms with van der Waals surface area (Å²) in [5, 5.41) is 3.15. The second kappa shape index (κ2) is 8.58. The zero-order valence-corrected chi connectivity index (χ0v) is 16.1. The van der Waals surface area contributed by atoms with Gasteiger partial charge in [-0.25, -0.2) is 4.98 Å². The second-order valence-electron chi connectivity index (χ2n) is 6.21. The highest BCUT2D eigenvalue weighted by Crippen LogP contribution is 2.20. The van der Waals surface area contributed by atoms with Gasteiger partial charge in [0.05, 0.1) is 5.69 Å². The number of ether oxygens (including phenoxy) is 1. The predicted molar refractivity (Wildman–Crippen MR) is 113 cm³/mol. The van der Waals surface area contributed by atoms with Crippen LogP contribution in [-0.2, 0) is 11.4 Å². The van der Waals surface area contributed by atoms with Crippen molar-refractivity contribution in [1.29, 1.82) is 0 Å². The molecule has 1 amide bonds. The van der Waals surface area contributed by atoms with Crippen molar-refractivity contribution in [2.24, 2.45) is 0 Å². The fourth-order valence-corrected chi connectivity index (χ4v) is 3.00. The van der Waals surface area contributed by atoms with Gasteiger partial charge in [-0.1, -0.05) is 23.7 Å². The maximum absolute atomic E-state index is 12.2. The fraction of sp³-hybridized carbons (Fsp3) is 0.0455. The summed E-state index contributed by atoms with van der Waals surface area (Å²) in [5.41, 5.74) is 3.02. The third-order valence-electron chi connectivity index (χ3n) is 4.16. The quantitative estimate of drug-likeness (QED) is 0.476. The van der Waals surface area contributed by atoms with Crippen LogP contribution in [0.25, 0.3) is 11.7 Å². The van der Waals surface area contributed by atoms with Crippen LogP contribution in [-0.4, -0.2) is 20.3 Å². The maximum atomic E-state index is 12.2. The van der Waals surface area contributed by atoms with Crippen LogP contribution in [0, 0.1) is 0 Å². The second-order valence-corrected chi connectivity index (χ2v) is 6.57. The standard InChI is InChI=1S/C22H17ClN4O2/c23-22-19(27-13-2-1-5-20(27)26-22)10-11-21(28)25-17-6-8-18(9-7-17)29-15-16-4-3-12-24-14-16/h1-14H,15H2,(H,25,28)/b11-10+. The highest BCUT2D eigenvalue weighted by molar-refractivity contribution is 6.31. The van der Waals surface area contributed by atoms with Crippen molar-refractivity contribution in [2.75, 3.05) is 5.32 Å². The van der Waals surface area contributed by atoms with Crippen LogP contribution >= 0.6 is 11.6 Å². The smallest absolute Gasteiger partial charge is 0.248 e. The highest BCUT2D eigenvalue weighted by Gasteiger charge is 2.07. The van der Waals surface area contributed by atoms with Crippen LogP contribution in [0.15, 0.2) is 79.3 Å². The first kappa shape index (κ1) is 18.7. The van der Waals surface area contributed by atoms with E-state index in [1.165, 1.54) is 6.08 Å². The molecule has 0 spiro atoms. The Balaban J connectivity index is 1.37. The number of hydrogen-bond donors (Lipinski definition) is 1. The van der Waals surface area contributed by atoms with Crippen molar-refractivity contribution in [3.05, 3.63) is 95.7 Å². The molecular weight excluding hydrogens is 388 g/mol. The Morgan fingerprint density at radius 1 is 1.14 bits per heavy atom. The molecule has 3 aromatic heterocycles. The van der Waals surface area contributed by atoms with Gasteiger partial charge in [-0.15, -0.1) is 0 Å². The van der Waals surface area contributed by atoms with Crippen LogP contribution in [0.2, 0.25) is 5.15 Å². The lowest BCUT2D eigenvalue weighted by molar-refractivity contribution is -0.111. The molecule has 0 aliphatic heterocycles. The Morgan fingerprint density at radius 3 is 2.79 bits per heavy atom. The lowest BCUT2D eigenvalue weighted by Gasteiger charge is -2.07. The van der Waals surface area contributed by atoms with E-state index in [2.05, 4.69) is 15.3 Å². The van der Waals surface area contributed by atoms with Crippen LogP contribution in [0.5, 0.6) is 5.75 Å². The normalized spacial score (nSPS) is 11.1. The van der Waals surface area contributed by atoms with E-state index >= 15 is 0 Å². The highest BCUT2D eigenvalue weighted by atomic mass is 35.5. The number of imidazole rings is 1. The number of carbonyl (C=O) groups is 1. The molecule has 0 saturated carbocycles. The van der Waals surface area contributed by atoms with Gasteiger partial charge in [-0.05, 0) is 48.5 Å². The Morgan fingerprint density at radius 2 is 2.00 bits per heavy atom. The van der Waals surface area contributed by atoms with E-state index in [-0.39, 0.29) is 5.91 Å². The number of aromatic nitrogens is 3. The van der Waals surface area contributed by atoms with Gasteiger partial charge in [0.2, 0.25) is 5.91 Å². The van der Waals surface area contributed by atoms with Gasteiger partial charge < -0.3 is 10.1 Å². The minimum atomic E-state index is -0.268. The molecule has 0 aliphatic rings. The van der Waals surface area contributed by atoms with Gasteiger partial charge in [0.1, 0.15) is 18.0 Å². The molecule has 29 heavy (non-hydrogen) atoms. The lowest BCUT2D eigenvalue weighted by Crippen LogP contribution is -2.07. The number of halogens is 1. The number of hydrogen-bond acceptors (Lipinski definition) is 4. The monoisotopic (exact) mass is 404 g/mol. The molecule has 0 atom stereocenters. The Kier molecular flexibility index (Phi) is 5.54. The van der Waals surface area contributed by atoms with Crippen molar-refractivity contribution >= 4 is 34.9 Å². The Labute approximate surface area is 172 Å². The summed E-state index contributed by atoms with van der Waals surface area (Å²) in [7, 11) is 0. The zero-order chi connectivity index (χ0) is 20.1. The number of rotatable bonds is 6. The Bertz CT molecular complexity index is 1150. The molecule has 0 saturated heterocycles. The number of carbonyl (C=O) groups excluding carboxylic acids is 1. The van der Waals surface area contributed by atoms with Crippen molar-refractivity contribution in [3.63, 3.8) is 0 Å². The van der Waals surface area contributed by atoms with E-state index in [1.807, 2.05) is 40.9 Å². The van der Waals surface area contributed by atoms with E-state index in [0.29, 0.717) is 28.9 Å². The van der Waals surface area contributed by atoms with Crippen LogP contribution in [0.1, 0.15) is 11.3 Å². The first-order valence-electron chi connectivity index (χ1n) is 8.92. The summed E-state index contributed by atoms with van der Waals surface area (Å²) in [6.45, 7) is 0.433. The average Bonchev–Trinajstić information content (AvgIpc) is 3.07. The molecule has 0 radical (unpaired) electrons. The molecule has 3 heterocycles. The third kappa shape index (κ3) is 4.62. The molecule has 6 nitrogen and oxygen atoms in total. The van der Waals surface area contributed by atoms with Gasteiger partial charge in [-0.2, -0.15) is 0 Å². The molecule has 4 aromatic rings. The number of amides is 1. The van der Waals surface area contributed by atoms with E-state index in [9.17, 15) is 4.79 Å². The molecule has 144 valence electrons. The summed E-state index contributed by atoms with van der Waals surface area (Å²) in [5.74, 6) is 0.441. The molecule has 4 rings (SSSR count). The van der Waals surface area contributed by atoms with Crippen molar-refractivity contribution in [3.8, 4) is 5.75 Å². The van der Waals surface area contributed by atoms with Gasteiger partial charge >= 0.3 is 0 Å². The predicted octanol–water partition coefficient (Wildman–Crippen LogP) is 4.61. The van der Waals surface area contributed by atoms with Crippen LogP contribution in [0.4, 0.5) is 5.69 Å². The molecule has 1 N–H and O–H groups in total.